The number of piperidine rings is 3. The van der Waals surface area contributed by atoms with Gasteiger partial charge in [-0.3, -0.25) is 0 Å². The molecule has 0 spiro atoms. The van der Waals surface area contributed by atoms with Crippen molar-refractivity contribution in [2.45, 2.75) is 63.3 Å². The van der Waals surface area contributed by atoms with Gasteiger partial charge < -0.3 is 4.90 Å². The fraction of sp³-hybridized carbons (Fsp3) is 0.520. The second-order valence-corrected chi connectivity index (χ2v) is 9.65. The van der Waals surface area contributed by atoms with Crippen LogP contribution in [0, 0.1) is 5.92 Å². The highest BCUT2D eigenvalue weighted by Gasteiger charge is 2.41. The van der Waals surface area contributed by atoms with E-state index in [9.17, 15) is 0 Å². The summed E-state index contributed by atoms with van der Waals surface area (Å²) in [6.07, 6.45) is 8.92. The number of hydrogen-bond donors (Lipinski definition) is 0. The van der Waals surface area contributed by atoms with Crippen LogP contribution in [0.3, 0.4) is 0 Å². The summed E-state index contributed by atoms with van der Waals surface area (Å²) >= 11 is 12.5. The largest absolute Gasteiger partial charge is 0.300 e. The van der Waals surface area contributed by atoms with Crippen LogP contribution in [0.4, 0.5) is 0 Å². The molecular weight excluding hydrogens is 385 g/mol. The highest BCUT2D eigenvalue weighted by Crippen LogP contribution is 2.46. The number of unbranched alkanes of at least 4 members (excludes halogenated alkanes) is 1. The number of benzene rings is 2. The van der Waals surface area contributed by atoms with Gasteiger partial charge >= 0.3 is 0 Å². The molecule has 3 heteroatoms. The van der Waals surface area contributed by atoms with Crippen LogP contribution in [0.1, 0.15) is 63.0 Å². The highest BCUT2D eigenvalue weighted by molar-refractivity contribution is 6.30. The first kappa shape index (κ1) is 20.3. The normalized spacial score (nSPS) is 24.5. The smallest absolute Gasteiger partial charge is 0.0406 e. The SMILES string of the molecule is CCCCC(CC1CC2CCN1CC2)(c1ccc(Cl)cc1)c1ccc(Cl)cc1. The summed E-state index contributed by atoms with van der Waals surface area (Å²) in [4.78, 5) is 2.76. The first-order valence-corrected chi connectivity index (χ1v) is 11.6. The van der Waals surface area contributed by atoms with Crippen LogP contribution in [0.2, 0.25) is 10.0 Å². The zero-order valence-electron chi connectivity index (χ0n) is 16.8. The lowest BCUT2D eigenvalue weighted by Crippen LogP contribution is -2.51. The van der Waals surface area contributed by atoms with Gasteiger partial charge in [-0.15, -0.1) is 0 Å². The van der Waals surface area contributed by atoms with Crippen LogP contribution in [-0.2, 0) is 5.41 Å². The molecule has 0 saturated carbocycles. The molecule has 3 aliphatic rings. The van der Waals surface area contributed by atoms with Crippen molar-refractivity contribution < 1.29 is 0 Å². The number of rotatable bonds is 7. The fourth-order valence-electron chi connectivity index (χ4n) is 5.51. The third-order valence-electron chi connectivity index (χ3n) is 7.11. The Bertz CT molecular complexity index is 715. The molecule has 3 aliphatic heterocycles. The molecule has 150 valence electrons. The number of fused-ring (bicyclic) bond motifs is 3. The van der Waals surface area contributed by atoms with E-state index in [1.165, 1.54) is 69.2 Å². The van der Waals surface area contributed by atoms with Crippen LogP contribution in [0.25, 0.3) is 0 Å². The second kappa shape index (κ2) is 8.78. The molecule has 28 heavy (non-hydrogen) atoms. The van der Waals surface area contributed by atoms with E-state index < -0.39 is 0 Å². The molecule has 1 atom stereocenters. The molecule has 5 rings (SSSR count). The van der Waals surface area contributed by atoms with Crippen LogP contribution in [0.15, 0.2) is 48.5 Å². The van der Waals surface area contributed by atoms with Crippen molar-refractivity contribution >= 4 is 23.2 Å². The van der Waals surface area contributed by atoms with Gasteiger partial charge in [-0.25, -0.2) is 0 Å². The van der Waals surface area contributed by atoms with Crippen LogP contribution in [0.5, 0.6) is 0 Å². The minimum atomic E-state index is 0.0212. The van der Waals surface area contributed by atoms with E-state index in [-0.39, 0.29) is 5.41 Å². The topological polar surface area (TPSA) is 3.24 Å². The molecule has 0 amide bonds. The minimum Gasteiger partial charge on any atom is -0.300 e. The Kier molecular flexibility index (Phi) is 6.35. The molecule has 3 saturated heterocycles. The van der Waals surface area contributed by atoms with E-state index in [0.717, 1.165) is 16.0 Å². The molecule has 3 heterocycles. The van der Waals surface area contributed by atoms with Gasteiger partial charge in [0, 0.05) is 21.5 Å². The summed E-state index contributed by atoms with van der Waals surface area (Å²) in [5.74, 6) is 0.925. The Morgan fingerprint density at radius 1 is 0.893 bits per heavy atom. The van der Waals surface area contributed by atoms with Gasteiger partial charge in [-0.05, 0) is 86.5 Å². The van der Waals surface area contributed by atoms with Gasteiger partial charge in [0.25, 0.3) is 0 Å². The molecule has 0 radical (unpaired) electrons. The van der Waals surface area contributed by atoms with Gasteiger partial charge in [0.1, 0.15) is 0 Å². The van der Waals surface area contributed by atoms with Crippen LogP contribution in [-0.4, -0.2) is 24.0 Å². The fourth-order valence-corrected chi connectivity index (χ4v) is 5.76. The van der Waals surface area contributed by atoms with E-state index in [4.69, 9.17) is 23.2 Å². The maximum Gasteiger partial charge on any atom is 0.0406 e. The van der Waals surface area contributed by atoms with E-state index in [1.54, 1.807) is 0 Å². The molecule has 0 aliphatic carbocycles. The van der Waals surface area contributed by atoms with E-state index >= 15 is 0 Å². The van der Waals surface area contributed by atoms with Gasteiger partial charge in [0.15, 0.2) is 0 Å². The lowest BCUT2D eigenvalue weighted by molar-refractivity contribution is 0.0343. The Hall–Kier alpha value is -1.02. The van der Waals surface area contributed by atoms with Crippen molar-refractivity contribution in [3.05, 3.63) is 69.7 Å². The standard InChI is InChI=1S/C25H31Cl2N/c1-2-3-14-25(20-4-8-22(26)9-5-20,21-6-10-23(27)11-7-21)18-24-17-19-12-15-28(24)16-13-19/h4-11,19,24H,2-3,12-18H2,1H3. The molecule has 2 bridgehead atoms. The first-order chi connectivity index (χ1) is 13.6. The molecule has 0 N–H and O–H groups in total. The maximum absolute atomic E-state index is 6.25. The Labute approximate surface area is 180 Å². The third kappa shape index (κ3) is 4.13. The van der Waals surface area contributed by atoms with Gasteiger partial charge in [-0.1, -0.05) is 67.2 Å². The lowest BCUT2D eigenvalue weighted by atomic mass is 9.65. The number of nitrogens with zero attached hydrogens (tertiary/aromatic N) is 1. The summed E-state index contributed by atoms with van der Waals surface area (Å²) in [7, 11) is 0. The number of halogens is 2. The summed E-state index contributed by atoms with van der Waals surface area (Å²) in [5.41, 5.74) is 2.82. The third-order valence-corrected chi connectivity index (χ3v) is 7.61. The molecular formula is C25H31Cl2N. The molecule has 2 aromatic rings. The quantitative estimate of drug-likeness (QED) is 0.456. The Morgan fingerprint density at radius 3 is 1.86 bits per heavy atom. The molecule has 0 aromatic heterocycles. The Balaban J connectivity index is 1.77. The van der Waals surface area contributed by atoms with Gasteiger partial charge in [-0.2, -0.15) is 0 Å². The summed E-state index contributed by atoms with van der Waals surface area (Å²) in [6.45, 7) is 4.85. The molecule has 1 nitrogen and oxygen atoms in total. The van der Waals surface area contributed by atoms with Crippen LogP contribution < -0.4 is 0 Å². The van der Waals surface area contributed by atoms with E-state index in [1.807, 2.05) is 0 Å². The van der Waals surface area contributed by atoms with Crippen molar-refractivity contribution in [1.29, 1.82) is 0 Å². The summed E-state index contributed by atoms with van der Waals surface area (Å²) < 4.78 is 0. The van der Waals surface area contributed by atoms with E-state index in [2.05, 4.69) is 60.4 Å². The molecule has 1 unspecified atom stereocenters. The minimum absolute atomic E-state index is 0.0212. The average molecular weight is 416 g/mol. The monoisotopic (exact) mass is 415 g/mol. The zero-order valence-corrected chi connectivity index (χ0v) is 18.4. The molecule has 3 fully saturated rings. The van der Waals surface area contributed by atoms with Crippen molar-refractivity contribution in [3.63, 3.8) is 0 Å². The van der Waals surface area contributed by atoms with E-state index in [0.29, 0.717) is 6.04 Å². The lowest BCUT2D eigenvalue weighted by Gasteiger charge is -2.49. The summed E-state index contributed by atoms with van der Waals surface area (Å²) in [5, 5.41) is 1.62. The zero-order chi connectivity index (χ0) is 19.6. The highest BCUT2D eigenvalue weighted by atomic mass is 35.5. The van der Waals surface area contributed by atoms with Crippen molar-refractivity contribution in [2.24, 2.45) is 5.92 Å². The average Bonchev–Trinajstić information content (AvgIpc) is 2.73. The number of hydrogen-bond acceptors (Lipinski definition) is 1. The molecule has 2 aromatic carbocycles. The summed E-state index contributed by atoms with van der Waals surface area (Å²) in [6, 6.07) is 17.9. The first-order valence-electron chi connectivity index (χ1n) is 10.9. The van der Waals surface area contributed by atoms with Crippen LogP contribution >= 0.6 is 23.2 Å². The van der Waals surface area contributed by atoms with Crippen molar-refractivity contribution in [3.8, 4) is 0 Å². The second-order valence-electron chi connectivity index (χ2n) is 8.77. The predicted octanol–water partition coefficient (Wildman–Crippen LogP) is 7.34. The maximum atomic E-state index is 6.25. The van der Waals surface area contributed by atoms with Crippen molar-refractivity contribution in [1.82, 2.24) is 4.90 Å². The van der Waals surface area contributed by atoms with Gasteiger partial charge in [0.05, 0.1) is 0 Å². The predicted molar refractivity (Wildman–Crippen MR) is 121 cm³/mol. The van der Waals surface area contributed by atoms with Crippen molar-refractivity contribution in [2.75, 3.05) is 13.1 Å². The Morgan fingerprint density at radius 2 is 1.43 bits per heavy atom. The van der Waals surface area contributed by atoms with Gasteiger partial charge in [0.2, 0.25) is 0 Å².